The highest BCUT2D eigenvalue weighted by molar-refractivity contribution is 6.30. The van der Waals surface area contributed by atoms with Gasteiger partial charge >= 0.3 is 0 Å². The number of phenolic OH excluding ortho intramolecular Hbond substituents is 1. The number of phenols is 1. The Bertz CT molecular complexity index is 654. The molecule has 1 amide bonds. The van der Waals surface area contributed by atoms with Crippen LogP contribution in [-0.2, 0) is 4.79 Å². The molecule has 19 heavy (non-hydrogen) atoms. The van der Waals surface area contributed by atoms with Crippen LogP contribution in [0, 0.1) is 0 Å². The Morgan fingerprint density at radius 1 is 1.21 bits per heavy atom. The highest BCUT2D eigenvalue weighted by atomic mass is 35.5. The van der Waals surface area contributed by atoms with Crippen LogP contribution in [0.2, 0.25) is 5.02 Å². The summed E-state index contributed by atoms with van der Waals surface area (Å²) in [6, 6.07) is 12.6. The fourth-order valence-corrected chi connectivity index (χ4v) is 2.67. The molecule has 0 saturated carbocycles. The molecule has 0 spiro atoms. The van der Waals surface area contributed by atoms with Gasteiger partial charge in [-0.2, -0.15) is 0 Å². The van der Waals surface area contributed by atoms with Gasteiger partial charge in [0.2, 0.25) is 5.91 Å². The van der Waals surface area contributed by atoms with Crippen LogP contribution in [0.4, 0.5) is 5.69 Å². The number of fused-ring (bicyclic) bond motifs is 1. The predicted octanol–water partition coefficient (Wildman–Crippen LogP) is 3.52. The maximum Gasteiger partial charge on any atom is 0.225 e. The topological polar surface area (TPSA) is 49.3 Å². The first kappa shape index (κ1) is 12.1. The Morgan fingerprint density at radius 2 is 2.05 bits per heavy atom. The molecule has 2 N–H and O–H groups in total. The summed E-state index contributed by atoms with van der Waals surface area (Å²) in [4.78, 5) is 11.8. The van der Waals surface area contributed by atoms with Crippen molar-refractivity contribution in [3.05, 3.63) is 58.6 Å². The van der Waals surface area contributed by atoms with Crippen LogP contribution >= 0.6 is 11.6 Å². The van der Waals surface area contributed by atoms with E-state index in [1.54, 1.807) is 12.1 Å². The van der Waals surface area contributed by atoms with Crippen LogP contribution in [0.3, 0.4) is 0 Å². The van der Waals surface area contributed by atoms with E-state index in [-0.39, 0.29) is 17.6 Å². The van der Waals surface area contributed by atoms with Gasteiger partial charge in [0.15, 0.2) is 0 Å². The number of benzene rings is 2. The standard InChI is InChI=1S/C15H12ClNO2/c16-10-3-1-2-9(6-10)13-8-15(19)17-14-7-11(18)4-5-12(13)14/h1-7,13,18H,8H2,(H,17,19)/t13-/m0/s1. The van der Waals surface area contributed by atoms with E-state index in [0.717, 1.165) is 11.1 Å². The Kier molecular flexibility index (Phi) is 2.91. The molecule has 4 heteroatoms. The number of hydrogen-bond donors (Lipinski definition) is 2. The first-order chi connectivity index (χ1) is 9.13. The summed E-state index contributed by atoms with van der Waals surface area (Å²) in [7, 11) is 0. The van der Waals surface area contributed by atoms with E-state index in [1.807, 2.05) is 30.3 Å². The summed E-state index contributed by atoms with van der Waals surface area (Å²) in [5.41, 5.74) is 2.68. The molecule has 0 aromatic heterocycles. The molecule has 3 rings (SSSR count). The van der Waals surface area contributed by atoms with E-state index in [1.165, 1.54) is 0 Å². The average molecular weight is 274 g/mol. The minimum absolute atomic E-state index is 0.0250. The Balaban J connectivity index is 2.11. The van der Waals surface area contributed by atoms with Crippen molar-refractivity contribution in [2.75, 3.05) is 5.32 Å². The zero-order valence-corrected chi connectivity index (χ0v) is 10.8. The fourth-order valence-electron chi connectivity index (χ4n) is 2.47. The largest absolute Gasteiger partial charge is 0.508 e. The van der Waals surface area contributed by atoms with Crippen LogP contribution in [0.5, 0.6) is 5.75 Å². The van der Waals surface area contributed by atoms with Gasteiger partial charge in [-0.3, -0.25) is 4.79 Å². The van der Waals surface area contributed by atoms with Gasteiger partial charge in [0.05, 0.1) is 0 Å². The normalized spacial score (nSPS) is 17.7. The number of rotatable bonds is 1. The molecule has 0 saturated heterocycles. The van der Waals surface area contributed by atoms with Crippen molar-refractivity contribution in [3.63, 3.8) is 0 Å². The maximum absolute atomic E-state index is 11.8. The molecular formula is C15H12ClNO2. The van der Waals surface area contributed by atoms with Gasteiger partial charge in [-0.05, 0) is 29.3 Å². The number of amides is 1. The van der Waals surface area contributed by atoms with Gasteiger partial charge in [0.25, 0.3) is 0 Å². The van der Waals surface area contributed by atoms with Crippen molar-refractivity contribution >= 4 is 23.2 Å². The van der Waals surface area contributed by atoms with Crippen LogP contribution < -0.4 is 5.32 Å². The zero-order chi connectivity index (χ0) is 13.4. The van der Waals surface area contributed by atoms with Gasteiger partial charge in [0, 0.05) is 29.1 Å². The first-order valence-corrected chi connectivity index (χ1v) is 6.39. The summed E-state index contributed by atoms with van der Waals surface area (Å²) < 4.78 is 0. The van der Waals surface area contributed by atoms with E-state index in [2.05, 4.69) is 5.32 Å². The lowest BCUT2D eigenvalue weighted by molar-refractivity contribution is -0.116. The Hall–Kier alpha value is -2.00. The number of carbonyl (C=O) groups is 1. The van der Waals surface area contributed by atoms with Crippen molar-refractivity contribution in [2.45, 2.75) is 12.3 Å². The Morgan fingerprint density at radius 3 is 2.84 bits per heavy atom. The molecule has 0 bridgehead atoms. The van der Waals surface area contributed by atoms with Crippen LogP contribution in [0.1, 0.15) is 23.5 Å². The third-order valence-electron chi connectivity index (χ3n) is 3.33. The molecule has 2 aromatic carbocycles. The molecule has 2 aromatic rings. The van der Waals surface area contributed by atoms with Gasteiger partial charge in [0.1, 0.15) is 5.75 Å². The monoisotopic (exact) mass is 273 g/mol. The van der Waals surface area contributed by atoms with E-state index in [9.17, 15) is 9.90 Å². The SMILES string of the molecule is O=C1C[C@@H](c2cccc(Cl)c2)c2ccc(O)cc2N1. The van der Waals surface area contributed by atoms with E-state index < -0.39 is 0 Å². The number of anilines is 1. The molecule has 1 atom stereocenters. The van der Waals surface area contributed by atoms with Gasteiger partial charge < -0.3 is 10.4 Å². The molecule has 1 aliphatic rings. The number of carbonyl (C=O) groups excluding carboxylic acids is 1. The third kappa shape index (κ3) is 2.29. The molecule has 0 aliphatic carbocycles. The van der Waals surface area contributed by atoms with Gasteiger partial charge in [-0.1, -0.05) is 29.8 Å². The minimum atomic E-state index is -0.0527. The number of nitrogens with one attached hydrogen (secondary N) is 1. The summed E-state index contributed by atoms with van der Waals surface area (Å²) in [6.45, 7) is 0. The third-order valence-corrected chi connectivity index (χ3v) is 3.56. The molecular weight excluding hydrogens is 262 g/mol. The minimum Gasteiger partial charge on any atom is -0.508 e. The molecule has 0 fully saturated rings. The van der Waals surface area contributed by atoms with Gasteiger partial charge in [-0.25, -0.2) is 0 Å². The van der Waals surface area contributed by atoms with Crippen molar-refractivity contribution in [1.82, 2.24) is 0 Å². The summed E-state index contributed by atoms with van der Waals surface area (Å²) in [5.74, 6) is 0.0666. The predicted molar refractivity (Wildman–Crippen MR) is 74.6 cm³/mol. The number of halogens is 1. The van der Waals surface area contributed by atoms with Crippen LogP contribution in [0.25, 0.3) is 0 Å². The molecule has 96 valence electrons. The maximum atomic E-state index is 11.8. The molecule has 0 unspecified atom stereocenters. The van der Waals surface area contributed by atoms with Crippen molar-refractivity contribution in [1.29, 1.82) is 0 Å². The number of hydrogen-bond acceptors (Lipinski definition) is 2. The van der Waals surface area contributed by atoms with Gasteiger partial charge in [-0.15, -0.1) is 0 Å². The van der Waals surface area contributed by atoms with Crippen molar-refractivity contribution < 1.29 is 9.90 Å². The van der Waals surface area contributed by atoms with E-state index >= 15 is 0 Å². The highest BCUT2D eigenvalue weighted by Crippen LogP contribution is 2.38. The zero-order valence-electron chi connectivity index (χ0n) is 10.1. The lowest BCUT2D eigenvalue weighted by Crippen LogP contribution is -2.23. The second-order valence-electron chi connectivity index (χ2n) is 4.63. The summed E-state index contributed by atoms with van der Waals surface area (Å²) >= 11 is 6.01. The van der Waals surface area contributed by atoms with Crippen LogP contribution in [-0.4, -0.2) is 11.0 Å². The molecule has 1 aliphatic heterocycles. The smallest absolute Gasteiger partial charge is 0.225 e. The average Bonchev–Trinajstić information content (AvgIpc) is 2.37. The van der Waals surface area contributed by atoms with E-state index in [0.29, 0.717) is 17.1 Å². The second kappa shape index (κ2) is 4.59. The molecule has 0 radical (unpaired) electrons. The lowest BCUT2D eigenvalue weighted by Gasteiger charge is -2.26. The fraction of sp³-hybridized carbons (Fsp3) is 0.133. The quantitative estimate of drug-likeness (QED) is 0.835. The molecule has 3 nitrogen and oxygen atoms in total. The summed E-state index contributed by atoms with van der Waals surface area (Å²) in [5, 5.41) is 12.9. The van der Waals surface area contributed by atoms with E-state index in [4.69, 9.17) is 11.6 Å². The molecule has 1 heterocycles. The van der Waals surface area contributed by atoms with Crippen molar-refractivity contribution in [2.24, 2.45) is 0 Å². The second-order valence-corrected chi connectivity index (χ2v) is 5.07. The number of aromatic hydroxyl groups is 1. The van der Waals surface area contributed by atoms with Crippen molar-refractivity contribution in [3.8, 4) is 5.75 Å². The highest BCUT2D eigenvalue weighted by Gasteiger charge is 2.26. The lowest BCUT2D eigenvalue weighted by atomic mass is 9.85. The van der Waals surface area contributed by atoms with Crippen LogP contribution in [0.15, 0.2) is 42.5 Å². The first-order valence-electron chi connectivity index (χ1n) is 6.02. The Labute approximate surface area is 115 Å². The summed E-state index contributed by atoms with van der Waals surface area (Å²) in [6.07, 6.45) is 0.387.